The molecule has 0 heterocycles. The minimum Gasteiger partial charge on any atom is -0.494 e. The Morgan fingerprint density at radius 3 is 2.38 bits per heavy atom. The quantitative estimate of drug-likeness (QED) is 0.783. The van der Waals surface area contributed by atoms with Crippen molar-refractivity contribution < 1.29 is 17.9 Å². The van der Waals surface area contributed by atoms with Gasteiger partial charge in [0.1, 0.15) is 5.75 Å². The summed E-state index contributed by atoms with van der Waals surface area (Å²) in [5.41, 5.74) is 0. The van der Waals surface area contributed by atoms with Gasteiger partial charge in [-0.15, -0.1) is 0 Å². The van der Waals surface area contributed by atoms with Gasteiger partial charge in [0.05, 0.1) is 18.0 Å². The second kappa shape index (κ2) is 7.99. The summed E-state index contributed by atoms with van der Waals surface area (Å²) in [5.74, 6) is 0.300. The summed E-state index contributed by atoms with van der Waals surface area (Å²) in [6.45, 7) is 4.64. The highest BCUT2D eigenvalue weighted by Crippen LogP contribution is 2.18. The van der Waals surface area contributed by atoms with Gasteiger partial charge in [0.15, 0.2) is 0 Å². The third kappa shape index (κ3) is 5.02. The Bertz CT molecular complexity index is 555. The number of hydrogen-bond donors (Lipinski definition) is 1. The molecule has 0 aromatic heterocycles. The van der Waals surface area contributed by atoms with Gasteiger partial charge >= 0.3 is 0 Å². The maximum absolute atomic E-state index is 12.3. The molecule has 0 saturated carbocycles. The van der Waals surface area contributed by atoms with E-state index in [-0.39, 0.29) is 17.3 Å². The van der Waals surface area contributed by atoms with Gasteiger partial charge in [-0.2, -0.15) is 4.31 Å². The maximum atomic E-state index is 12.3. The lowest BCUT2D eigenvalue weighted by atomic mass is 10.3. The highest BCUT2D eigenvalue weighted by atomic mass is 32.2. The lowest BCUT2D eigenvalue weighted by Crippen LogP contribution is -2.38. The molecule has 0 saturated heterocycles. The number of carbonyl (C=O) groups is 1. The van der Waals surface area contributed by atoms with E-state index in [9.17, 15) is 13.2 Å². The van der Waals surface area contributed by atoms with Crippen molar-refractivity contribution in [2.24, 2.45) is 0 Å². The summed E-state index contributed by atoms with van der Waals surface area (Å²) in [7, 11) is -2.29. The Balaban J connectivity index is 2.77. The average Bonchev–Trinajstić information content (AvgIpc) is 2.46. The molecular formula is C14H22N2O4S. The average molecular weight is 314 g/mol. The van der Waals surface area contributed by atoms with Gasteiger partial charge in [0.25, 0.3) is 0 Å². The third-order valence-corrected chi connectivity index (χ3v) is 4.60. The fraction of sp³-hybridized carbons (Fsp3) is 0.500. The standard InChI is InChI=1S/C14H22N2O4S/c1-4-10-15-14(17)11-16(3)21(18,19)13-8-6-12(7-9-13)20-5-2/h6-9H,4-5,10-11H2,1-3H3,(H,15,17). The molecule has 0 aliphatic carbocycles. The molecule has 0 aliphatic heterocycles. The zero-order chi connectivity index (χ0) is 15.9. The van der Waals surface area contributed by atoms with Crippen LogP contribution in [0.25, 0.3) is 0 Å². The maximum Gasteiger partial charge on any atom is 0.243 e. The topological polar surface area (TPSA) is 75.7 Å². The molecule has 0 spiro atoms. The second-order valence-corrected chi connectivity index (χ2v) is 6.56. The molecule has 1 N–H and O–H groups in total. The molecule has 1 rings (SSSR count). The number of hydrogen-bond acceptors (Lipinski definition) is 4. The van der Waals surface area contributed by atoms with Gasteiger partial charge in [-0.05, 0) is 37.6 Å². The predicted octanol–water partition coefficient (Wildman–Crippen LogP) is 1.23. The SMILES string of the molecule is CCCNC(=O)CN(C)S(=O)(=O)c1ccc(OCC)cc1. The minimum absolute atomic E-state index is 0.136. The van der Waals surface area contributed by atoms with Crippen molar-refractivity contribution >= 4 is 15.9 Å². The number of amides is 1. The zero-order valence-corrected chi connectivity index (χ0v) is 13.4. The number of nitrogens with zero attached hydrogens (tertiary/aromatic N) is 1. The molecule has 0 aliphatic rings. The number of benzene rings is 1. The van der Waals surface area contributed by atoms with Crippen molar-refractivity contribution in [3.63, 3.8) is 0 Å². The molecule has 0 radical (unpaired) electrons. The number of carbonyl (C=O) groups excluding carboxylic acids is 1. The first-order valence-corrected chi connectivity index (χ1v) is 8.31. The van der Waals surface area contributed by atoms with Crippen molar-refractivity contribution in [1.82, 2.24) is 9.62 Å². The number of rotatable bonds is 8. The monoisotopic (exact) mass is 314 g/mol. The summed E-state index contributed by atoms with van der Waals surface area (Å²) in [5, 5.41) is 2.65. The number of likely N-dealkylation sites (N-methyl/N-ethyl adjacent to an activating group) is 1. The van der Waals surface area contributed by atoms with Crippen molar-refractivity contribution in [3.05, 3.63) is 24.3 Å². The fourth-order valence-corrected chi connectivity index (χ4v) is 2.79. The highest BCUT2D eigenvalue weighted by molar-refractivity contribution is 7.89. The number of ether oxygens (including phenoxy) is 1. The van der Waals surface area contributed by atoms with Crippen LogP contribution in [0.1, 0.15) is 20.3 Å². The summed E-state index contributed by atoms with van der Waals surface area (Å²) in [4.78, 5) is 11.7. The third-order valence-electron chi connectivity index (χ3n) is 2.78. The Morgan fingerprint density at radius 1 is 1.24 bits per heavy atom. The molecule has 7 heteroatoms. The van der Waals surface area contributed by atoms with Crippen LogP contribution in [0.3, 0.4) is 0 Å². The van der Waals surface area contributed by atoms with Crippen molar-refractivity contribution in [1.29, 1.82) is 0 Å². The molecule has 118 valence electrons. The lowest BCUT2D eigenvalue weighted by molar-refractivity contribution is -0.121. The molecule has 6 nitrogen and oxygen atoms in total. The highest BCUT2D eigenvalue weighted by Gasteiger charge is 2.22. The van der Waals surface area contributed by atoms with E-state index in [0.717, 1.165) is 10.7 Å². The van der Waals surface area contributed by atoms with Crippen LogP contribution in [0.15, 0.2) is 29.2 Å². The van der Waals surface area contributed by atoms with Crippen LogP contribution in [0.2, 0.25) is 0 Å². The van der Waals surface area contributed by atoms with E-state index in [0.29, 0.717) is 18.9 Å². The molecule has 0 unspecified atom stereocenters. The first kappa shape index (κ1) is 17.5. The summed E-state index contributed by atoms with van der Waals surface area (Å²) < 4.78 is 30.9. The van der Waals surface area contributed by atoms with Crippen LogP contribution in [0, 0.1) is 0 Å². The van der Waals surface area contributed by atoms with E-state index in [1.807, 2.05) is 13.8 Å². The van der Waals surface area contributed by atoms with Crippen LogP contribution in [-0.2, 0) is 14.8 Å². The zero-order valence-electron chi connectivity index (χ0n) is 12.6. The van der Waals surface area contributed by atoms with Crippen LogP contribution >= 0.6 is 0 Å². The lowest BCUT2D eigenvalue weighted by Gasteiger charge is -2.17. The molecule has 21 heavy (non-hydrogen) atoms. The van der Waals surface area contributed by atoms with E-state index in [2.05, 4.69) is 5.32 Å². The summed E-state index contributed by atoms with van der Waals surface area (Å²) in [6, 6.07) is 6.14. The van der Waals surface area contributed by atoms with Gasteiger partial charge in [-0.3, -0.25) is 4.79 Å². The first-order valence-electron chi connectivity index (χ1n) is 6.87. The van der Waals surface area contributed by atoms with Gasteiger partial charge < -0.3 is 10.1 Å². The van der Waals surface area contributed by atoms with Crippen LogP contribution in [0.5, 0.6) is 5.75 Å². The normalized spacial score (nSPS) is 11.4. The van der Waals surface area contributed by atoms with Gasteiger partial charge in [-0.25, -0.2) is 8.42 Å². The van der Waals surface area contributed by atoms with Crippen molar-refractivity contribution in [2.75, 3.05) is 26.7 Å². The van der Waals surface area contributed by atoms with Crippen molar-refractivity contribution in [3.8, 4) is 5.75 Å². The largest absolute Gasteiger partial charge is 0.494 e. The van der Waals surface area contributed by atoms with E-state index < -0.39 is 10.0 Å². The molecule has 0 atom stereocenters. The molecular weight excluding hydrogens is 292 g/mol. The number of sulfonamides is 1. The molecule has 1 aromatic rings. The van der Waals surface area contributed by atoms with Crippen LogP contribution < -0.4 is 10.1 Å². The van der Waals surface area contributed by atoms with Crippen molar-refractivity contribution in [2.45, 2.75) is 25.2 Å². The molecule has 1 aromatic carbocycles. The van der Waals surface area contributed by atoms with E-state index in [1.165, 1.54) is 19.2 Å². The molecule has 1 amide bonds. The van der Waals surface area contributed by atoms with E-state index >= 15 is 0 Å². The van der Waals surface area contributed by atoms with E-state index in [4.69, 9.17) is 4.74 Å². The van der Waals surface area contributed by atoms with Gasteiger partial charge in [0.2, 0.25) is 15.9 Å². The smallest absolute Gasteiger partial charge is 0.243 e. The Labute approximate surface area is 126 Å². The Hall–Kier alpha value is -1.60. The van der Waals surface area contributed by atoms with Crippen LogP contribution in [-0.4, -0.2) is 45.4 Å². The summed E-state index contributed by atoms with van der Waals surface area (Å²) >= 11 is 0. The minimum atomic E-state index is -3.67. The van der Waals surface area contributed by atoms with Gasteiger partial charge in [-0.1, -0.05) is 6.92 Å². The Morgan fingerprint density at radius 2 is 1.86 bits per heavy atom. The fourth-order valence-electron chi connectivity index (χ4n) is 1.66. The summed E-state index contributed by atoms with van der Waals surface area (Å²) in [6.07, 6.45) is 0.807. The first-order chi connectivity index (χ1) is 9.91. The van der Waals surface area contributed by atoms with E-state index in [1.54, 1.807) is 12.1 Å². The molecule has 0 bridgehead atoms. The van der Waals surface area contributed by atoms with Crippen LogP contribution in [0.4, 0.5) is 0 Å². The predicted molar refractivity (Wildman–Crippen MR) is 80.7 cm³/mol. The second-order valence-electron chi connectivity index (χ2n) is 4.52. The van der Waals surface area contributed by atoms with Gasteiger partial charge in [0, 0.05) is 13.6 Å². The number of nitrogens with one attached hydrogen (secondary N) is 1. The Kier molecular flexibility index (Phi) is 6.64. The molecule has 0 fully saturated rings.